The molecule has 0 radical (unpaired) electrons. The summed E-state index contributed by atoms with van der Waals surface area (Å²) in [5.74, 6) is 0.357. The van der Waals surface area contributed by atoms with Crippen molar-refractivity contribution in [2.45, 2.75) is 19.9 Å². The number of para-hydroxylation sites is 1. The van der Waals surface area contributed by atoms with E-state index in [1.165, 1.54) is 12.1 Å². The van der Waals surface area contributed by atoms with Crippen LogP contribution >= 0.6 is 0 Å². The van der Waals surface area contributed by atoms with Gasteiger partial charge in [-0.25, -0.2) is 4.39 Å². The monoisotopic (exact) mass is 439 g/mol. The van der Waals surface area contributed by atoms with Crippen molar-refractivity contribution in [1.82, 2.24) is 15.5 Å². The Hall–Kier alpha value is -3.62. The van der Waals surface area contributed by atoms with Crippen LogP contribution in [0, 0.1) is 5.82 Å². The van der Waals surface area contributed by atoms with Gasteiger partial charge in [0.05, 0.1) is 12.2 Å². The van der Waals surface area contributed by atoms with E-state index in [1.54, 1.807) is 37.3 Å². The van der Waals surface area contributed by atoms with E-state index in [0.29, 0.717) is 42.9 Å². The Morgan fingerprint density at radius 1 is 1.09 bits per heavy atom. The van der Waals surface area contributed by atoms with Gasteiger partial charge in [-0.2, -0.15) is 0 Å². The van der Waals surface area contributed by atoms with Crippen molar-refractivity contribution in [3.63, 3.8) is 0 Å². The number of benzene rings is 2. The maximum atomic E-state index is 13.1. The highest BCUT2D eigenvalue weighted by molar-refractivity contribution is 5.97. The van der Waals surface area contributed by atoms with Crippen LogP contribution in [0.15, 0.2) is 52.9 Å². The molecule has 1 amide bonds. The van der Waals surface area contributed by atoms with Crippen LogP contribution in [0.5, 0.6) is 5.75 Å². The number of piperazine rings is 1. The van der Waals surface area contributed by atoms with Crippen molar-refractivity contribution in [2.24, 2.45) is 0 Å². The molecule has 1 atom stereocenters. The fourth-order valence-corrected chi connectivity index (χ4v) is 3.61. The predicted octanol–water partition coefficient (Wildman–Crippen LogP) is 3.43. The molecule has 1 aromatic heterocycles. The Balaban J connectivity index is 1.35. The zero-order chi connectivity index (χ0) is 22.5. The molecule has 2 aromatic carbocycles. The molecule has 0 saturated carbocycles. The van der Waals surface area contributed by atoms with Gasteiger partial charge < -0.3 is 24.3 Å². The summed E-state index contributed by atoms with van der Waals surface area (Å²) >= 11 is 0. The number of anilines is 2. The molecule has 0 aliphatic carbocycles. The van der Waals surface area contributed by atoms with Gasteiger partial charge in [0, 0.05) is 31.9 Å². The first kappa shape index (κ1) is 21.6. The third-order valence-electron chi connectivity index (χ3n) is 5.32. The summed E-state index contributed by atoms with van der Waals surface area (Å²) in [5.41, 5.74) is 1.44. The van der Waals surface area contributed by atoms with E-state index in [4.69, 9.17) is 9.15 Å². The van der Waals surface area contributed by atoms with E-state index in [-0.39, 0.29) is 11.7 Å². The minimum absolute atomic E-state index is 0.242. The average molecular weight is 439 g/mol. The number of hydrogen-bond acceptors (Lipinski definition) is 7. The summed E-state index contributed by atoms with van der Waals surface area (Å²) in [6, 6.07) is 13.6. The highest BCUT2D eigenvalue weighted by Gasteiger charge is 2.24. The summed E-state index contributed by atoms with van der Waals surface area (Å²) in [4.78, 5) is 16.9. The molecule has 2 heterocycles. The molecule has 0 unspecified atom stereocenters. The van der Waals surface area contributed by atoms with Gasteiger partial charge in [0.25, 0.3) is 5.91 Å². The average Bonchev–Trinajstić information content (AvgIpc) is 3.31. The number of nitrogens with zero attached hydrogens (tertiary/aromatic N) is 4. The zero-order valence-corrected chi connectivity index (χ0v) is 18.1. The fourth-order valence-electron chi connectivity index (χ4n) is 3.61. The lowest BCUT2D eigenvalue weighted by atomic mass is 10.1. The second kappa shape index (κ2) is 9.67. The molecule has 1 aliphatic rings. The quantitative estimate of drug-likeness (QED) is 0.604. The van der Waals surface area contributed by atoms with Crippen molar-refractivity contribution in [1.29, 1.82) is 0 Å². The molecule has 1 N–H and O–H groups in total. The van der Waals surface area contributed by atoms with E-state index in [9.17, 15) is 9.18 Å². The lowest BCUT2D eigenvalue weighted by molar-refractivity contribution is 0.0930. The van der Waals surface area contributed by atoms with E-state index < -0.39 is 6.04 Å². The molecular formula is C23H26FN5O3. The van der Waals surface area contributed by atoms with Crippen molar-refractivity contribution >= 4 is 17.6 Å². The number of amides is 1. The van der Waals surface area contributed by atoms with Crippen LogP contribution < -0.4 is 19.9 Å². The molecule has 4 rings (SSSR count). The maximum absolute atomic E-state index is 13.1. The van der Waals surface area contributed by atoms with Crippen LogP contribution in [0.2, 0.25) is 0 Å². The highest BCUT2D eigenvalue weighted by atomic mass is 19.1. The van der Waals surface area contributed by atoms with Crippen molar-refractivity contribution in [3.05, 3.63) is 65.8 Å². The van der Waals surface area contributed by atoms with Crippen molar-refractivity contribution in [3.8, 4) is 5.75 Å². The van der Waals surface area contributed by atoms with E-state index in [2.05, 4.69) is 20.4 Å². The summed E-state index contributed by atoms with van der Waals surface area (Å²) in [6.07, 6.45) is 0. The Morgan fingerprint density at radius 3 is 2.50 bits per heavy atom. The molecule has 8 nitrogen and oxygen atoms in total. The summed E-state index contributed by atoms with van der Waals surface area (Å²) < 4.78 is 24.5. The third-order valence-corrected chi connectivity index (χ3v) is 5.32. The van der Waals surface area contributed by atoms with Gasteiger partial charge in [0.15, 0.2) is 0 Å². The number of hydrogen-bond donors (Lipinski definition) is 1. The third kappa shape index (κ3) is 4.82. The van der Waals surface area contributed by atoms with E-state index in [0.717, 1.165) is 18.8 Å². The number of nitrogens with one attached hydrogen (secondary N) is 1. The molecule has 3 aromatic rings. The van der Waals surface area contributed by atoms with E-state index in [1.807, 2.05) is 17.9 Å². The van der Waals surface area contributed by atoms with Gasteiger partial charge >= 0.3 is 6.01 Å². The number of carbonyl (C=O) groups excluding carboxylic acids is 1. The number of rotatable bonds is 7. The second-order valence-electron chi connectivity index (χ2n) is 7.50. The SMILES string of the molecule is CCOc1ccccc1C(=O)N[C@H](C)c1nnc(N2CCN(c3ccc(F)cc3)CC2)o1. The Morgan fingerprint density at radius 2 is 1.78 bits per heavy atom. The predicted molar refractivity (Wildman–Crippen MR) is 119 cm³/mol. The van der Waals surface area contributed by atoms with Crippen molar-refractivity contribution < 1.29 is 18.3 Å². The highest BCUT2D eigenvalue weighted by Crippen LogP contribution is 2.23. The Labute approximate surface area is 186 Å². The van der Waals surface area contributed by atoms with Crippen LogP contribution in [0.3, 0.4) is 0 Å². The Bertz CT molecular complexity index is 1050. The van der Waals surface area contributed by atoms with Gasteiger partial charge in [-0.05, 0) is 50.2 Å². The fraction of sp³-hybridized carbons (Fsp3) is 0.348. The molecule has 32 heavy (non-hydrogen) atoms. The number of carbonyl (C=O) groups is 1. The first-order valence-corrected chi connectivity index (χ1v) is 10.7. The van der Waals surface area contributed by atoms with Gasteiger partial charge in [-0.3, -0.25) is 4.79 Å². The van der Waals surface area contributed by atoms with Crippen LogP contribution in [0.25, 0.3) is 0 Å². The molecule has 168 valence electrons. The zero-order valence-electron chi connectivity index (χ0n) is 18.1. The van der Waals surface area contributed by atoms with Crippen LogP contribution in [-0.4, -0.2) is 48.9 Å². The van der Waals surface area contributed by atoms with Gasteiger partial charge in [0.1, 0.15) is 17.6 Å². The largest absolute Gasteiger partial charge is 0.493 e. The number of ether oxygens (including phenoxy) is 1. The molecule has 1 aliphatic heterocycles. The van der Waals surface area contributed by atoms with Gasteiger partial charge in [-0.15, -0.1) is 5.10 Å². The van der Waals surface area contributed by atoms with Gasteiger partial charge in [0.2, 0.25) is 5.89 Å². The maximum Gasteiger partial charge on any atom is 0.318 e. The topological polar surface area (TPSA) is 83.7 Å². The minimum atomic E-state index is -0.459. The summed E-state index contributed by atoms with van der Waals surface area (Å²) in [6.45, 7) is 7.04. The number of halogens is 1. The first-order valence-electron chi connectivity index (χ1n) is 10.7. The van der Waals surface area contributed by atoms with Crippen LogP contribution in [0.1, 0.15) is 36.1 Å². The summed E-state index contributed by atoms with van der Waals surface area (Å²) in [7, 11) is 0. The first-order chi connectivity index (χ1) is 15.5. The van der Waals surface area contributed by atoms with Crippen molar-refractivity contribution in [2.75, 3.05) is 42.6 Å². The molecule has 1 saturated heterocycles. The minimum Gasteiger partial charge on any atom is -0.493 e. The lowest BCUT2D eigenvalue weighted by Gasteiger charge is -2.35. The second-order valence-corrected chi connectivity index (χ2v) is 7.50. The van der Waals surface area contributed by atoms with Crippen LogP contribution in [-0.2, 0) is 0 Å². The smallest absolute Gasteiger partial charge is 0.318 e. The standard InChI is InChI=1S/C23H26FN5O3/c1-3-31-20-7-5-4-6-19(20)21(30)25-16(2)22-26-27-23(32-22)29-14-12-28(13-15-29)18-10-8-17(24)9-11-18/h4-11,16H,3,12-15H2,1-2H3,(H,25,30)/t16-/m1/s1. The molecule has 9 heteroatoms. The number of aromatic nitrogens is 2. The molecule has 0 bridgehead atoms. The van der Waals surface area contributed by atoms with Gasteiger partial charge in [-0.1, -0.05) is 17.2 Å². The summed E-state index contributed by atoms with van der Waals surface area (Å²) in [5, 5.41) is 11.2. The van der Waals surface area contributed by atoms with E-state index >= 15 is 0 Å². The molecule has 0 spiro atoms. The lowest BCUT2D eigenvalue weighted by Crippen LogP contribution is -2.46. The normalized spacial score (nSPS) is 14.8. The molecular weight excluding hydrogens is 413 g/mol. The molecule has 1 fully saturated rings. The Kier molecular flexibility index (Phi) is 6.53. The van der Waals surface area contributed by atoms with Crippen LogP contribution in [0.4, 0.5) is 16.1 Å².